The summed E-state index contributed by atoms with van der Waals surface area (Å²) >= 11 is 0. The van der Waals surface area contributed by atoms with Crippen LogP contribution in [0.4, 0.5) is 0 Å². The molecule has 2 unspecified atom stereocenters. The van der Waals surface area contributed by atoms with Gasteiger partial charge in [0.1, 0.15) is 6.10 Å². The van der Waals surface area contributed by atoms with Crippen molar-refractivity contribution in [1.82, 2.24) is 9.88 Å². The lowest BCUT2D eigenvalue weighted by Crippen LogP contribution is -2.43. The quantitative estimate of drug-likeness (QED) is 0.863. The summed E-state index contributed by atoms with van der Waals surface area (Å²) in [6.45, 7) is 0. The molecule has 0 spiro atoms. The average Bonchev–Trinajstić information content (AvgIpc) is 2.92. The highest BCUT2D eigenvalue weighted by molar-refractivity contribution is 6.04. The number of benzene rings is 1. The number of carbonyl (C=O) groups excluding carboxylic acids is 1. The van der Waals surface area contributed by atoms with E-state index in [2.05, 4.69) is 16.9 Å². The summed E-state index contributed by atoms with van der Waals surface area (Å²) in [5.74, 6) is -0.477. The molecule has 1 aromatic carbocycles. The second-order valence-corrected chi connectivity index (χ2v) is 6.13. The van der Waals surface area contributed by atoms with E-state index < -0.39 is 5.97 Å². The van der Waals surface area contributed by atoms with Crippen molar-refractivity contribution in [2.45, 2.75) is 43.9 Å². The third-order valence-electron chi connectivity index (χ3n) is 4.96. The highest BCUT2D eigenvalue weighted by atomic mass is 16.5. The predicted octanol–water partition coefficient (Wildman–Crippen LogP) is 2.95. The first kappa shape index (κ1) is 10.9. The van der Waals surface area contributed by atoms with Crippen molar-refractivity contribution in [3.63, 3.8) is 0 Å². The fourth-order valence-electron chi connectivity index (χ4n) is 3.76. The van der Waals surface area contributed by atoms with Crippen LogP contribution in [0, 0.1) is 0 Å². The molecule has 3 heterocycles. The van der Waals surface area contributed by atoms with Gasteiger partial charge in [0.15, 0.2) is 0 Å². The number of hydrogen-bond acceptors (Lipinski definition) is 3. The van der Waals surface area contributed by atoms with Crippen molar-refractivity contribution in [2.75, 3.05) is 7.05 Å². The summed E-state index contributed by atoms with van der Waals surface area (Å²) in [5, 5.41) is 0.485. The Kier molecular flexibility index (Phi) is 2.52. The third-order valence-corrected chi connectivity index (χ3v) is 4.96. The SMILES string of the molecule is [2H]c1[nH]c2cccc([2H])c2c1C(=O)OC1CC2CCC(C1)N2C. The van der Waals surface area contributed by atoms with Crippen LogP contribution in [0.5, 0.6) is 0 Å². The largest absolute Gasteiger partial charge is 0.459 e. The lowest BCUT2D eigenvalue weighted by atomic mass is 10.0. The Hall–Kier alpha value is -1.81. The average molecular weight is 286 g/mol. The molecule has 2 bridgehead atoms. The molecule has 0 radical (unpaired) electrons. The minimum Gasteiger partial charge on any atom is -0.459 e. The molecule has 2 aliphatic rings. The number of H-pyrrole nitrogens is 1. The van der Waals surface area contributed by atoms with Gasteiger partial charge in [-0.25, -0.2) is 4.79 Å². The van der Waals surface area contributed by atoms with Crippen molar-refractivity contribution < 1.29 is 12.3 Å². The van der Waals surface area contributed by atoms with E-state index in [0.29, 0.717) is 23.0 Å². The number of aromatic amines is 1. The number of nitrogens with zero attached hydrogens (tertiary/aromatic N) is 1. The zero-order valence-corrected chi connectivity index (χ0v) is 12.1. The maximum absolute atomic E-state index is 12.6. The molecule has 2 atom stereocenters. The lowest BCUT2D eigenvalue weighted by Gasteiger charge is -2.35. The number of fused-ring (bicyclic) bond motifs is 3. The fourth-order valence-corrected chi connectivity index (χ4v) is 3.76. The van der Waals surface area contributed by atoms with Gasteiger partial charge in [0, 0.05) is 42.0 Å². The van der Waals surface area contributed by atoms with Gasteiger partial charge in [-0.05, 0) is 26.0 Å². The molecule has 21 heavy (non-hydrogen) atoms. The summed E-state index contributed by atoms with van der Waals surface area (Å²) in [5.41, 5.74) is 0.828. The molecular weight excluding hydrogens is 264 g/mol. The van der Waals surface area contributed by atoms with Crippen molar-refractivity contribution in [2.24, 2.45) is 0 Å². The van der Waals surface area contributed by atoms with Crippen molar-refractivity contribution in [1.29, 1.82) is 0 Å². The van der Waals surface area contributed by atoms with Gasteiger partial charge in [0.2, 0.25) is 0 Å². The van der Waals surface area contributed by atoms with Crippen LogP contribution in [0.2, 0.25) is 0 Å². The smallest absolute Gasteiger partial charge is 0.340 e. The first-order chi connectivity index (χ1) is 11.0. The molecule has 110 valence electrons. The molecule has 4 nitrogen and oxygen atoms in total. The highest BCUT2D eigenvalue weighted by Crippen LogP contribution is 2.35. The van der Waals surface area contributed by atoms with Gasteiger partial charge in [-0.2, -0.15) is 0 Å². The predicted molar refractivity (Wildman–Crippen MR) is 81.3 cm³/mol. The Bertz CT molecular complexity index is 759. The van der Waals surface area contributed by atoms with E-state index in [1.54, 1.807) is 18.2 Å². The molecule has 2 fully saturated rings. The number of piperidine rings is 1. The third kappa shape index (κ3) is 2.14. The number of carbonyl (C=O) groups is 1. The Morgan fingerprint density at radius 2 is 2.14 bits per heavy atom. The van der Waals surface area contributed by atoms with Crippen LogP contribution in [0.1, 0.15) is 38.8 Å². The minimum absolute atomic E-state index is 0.0283. The summed E-state index contributed by atoms with van der Waals surface area (Å²) in [6.07, 6.45) is 4.01. The number of hydrogen-bond donors (Lipinski definition) is 1. The van der Waals surface area contributed by atoms with Crippen LogP contribution < -0.4 is 0 Å². The number of aromatic nitrogens is 1. The maximum Gasteiger partial charge on any atom is 0.340 e. The Morgan fingerprint density at radius 3 is 2.90 bits per heavy atom. The molecule has 0 saturated carbocycles. The number of rotatable bonds is 2. The second kappa shape index (κ2) is 4.88. The summed E-state index contributed by atoms with van der Waals surface area (Å²) in [7, 11) is 2.15. The van der Waals surface area contributed by atoms with Gasteiger partial charge in [0.25, 0.3) is 0 Å². The standard InChI is InChI=1S/C17H20N2O2/c1-19-11-6-7-12(19)9-13(8-11)21-17(20)15-10-18-16-5-3-2-4-14(15)16/h2-5,10-13,18H,6-9H2,1H3/i4D,10D. The van der Waals surface area contributed by atoms with Crippen LogP contribution in [0.25, 0.3) is 10.9 Å². The Balaban J connectivity index is 1.60. The Morgan fingerprint density at radius 1 is 1.38 bits per heavy atom. The molecule has 4 heteroatoms. The number of nitrogens with one attached hydrogen (secondary N) is 1. The van der Waals surface area contributed by atoms with E-state index in [1.165, 1.54) is 12.8 Å². The zero-order chi connectivity index (χ0) is 16.1. The van der Waals surface area contributed by atoms with E-state index in [-0.39, 0.29) is 23.9 Å². The monoisotopic (exact) mass is 286 g/mol. The first-order valence-corrected chi connectivity index (χ1v) is 7.55. The number of esters is 1. The van der Waals surface area contributed by atoms with Gasteiger partial charge in [0.05, 0.1) is 8.30 Å². The van der Waals surface area contributed by atoms with E-state index in [4.69, 9.17) is 7.48 Å². The van der Waals surface area contributed by atoms with Gasteiger partial charge in [-0.1, -0.05) is 18.2 Å². The summed E-state index contributed by atoms with van der Waals surface area (Å²) in [6, 6.07) is 6.38. The normalized spacial score (nSPS) is 30.2. The summed E-state index contributed by atoms with van der Waals surface area (Å²) < 4.78 is 21.8. The van der Waals surface area contributed by atoms with E-state index in [1.807, 2.05) is 0 Å². The molecule has 2 aromatic rings. The van der Waals surface area contributed by atoms with Gasteiger partial charge in [-0.3, -0.25) is 0 Å². The molecular formula is C17H20N2O2. The van der Waals surface area contributed by atoms with E-state index in [0.717, 1.165) is 12.8 Å². The fraction of sp³-hybridized carbons (Fsp3) is 0.471. The molecule has 2 saturated heterocycles. The van der Waals surface area contributed by atoms with Gasteiger partial charge < -0.3 is 14.6 Å². The molecule has 4 rings (SSSR count). The molecule has 1 N–H and O–H groups in total. The molecule has 1 aromatic heterocycles. The van der Waals surface area contributed by atoms with Crippen molar-refractivity contribution in [3.05, 3.63) is 36.0 Å². The lowest BCUT2D eigenvalue weighted by molar-refractivity contribution is -0.000258. The number of ether oxygens (including phenoxy) is 1. The Labute approximate surface area is 126 Å². The second-order valence-electron chi connectivity index (χ2n) is 6.13. The minimum atomic E-state index is -0.477. The summed E-state index contributed by atoms with van der Waals surface area (Å²) in [4.78, 5) is 17.9. The first-order valence-electron chi connectivity index (χ1n) is 8.55. The van der Waals surface area contributed by atoms with Gasteiger partial charge in [-0.15, -0.1) is 0 Å². The van der Waals surface area contributed by atoms with Gasteiger partial charge >= 0.3 is 5.97 Å². The van der Waals surface area contributed by atoms with E-state index in [9.17, 15) is 4.79 Å². The van der Waals surface area contributed by atoms with Crippen molar-refractivity contribution in [3.8, 4) is 0 Å². The van der Waals surface area contributed by atoms with Crippen molar-refractivity contribution >= 4 is 16.9 Å². The zero-order valence-electron chi connectivity index (χ0n) is 14.1. The highest BCUT2D eigenvalue weighted by Gasteiger charge is 2.40. The van der Waals surface area contributed by atoms with Crippen LogP contribution in [0.3, 0.4) is 0 Å². The van der Waals surface area contributed by atoms with Crippen LogP contribution in [-0.4, -0.2) is 41.1 Å². The van der Waals surface area contributed by atoms with Crippen LogP contribution >= 0.6 is 0 Å². The topological polar surface area (TPSA) is 45.3 Å². The molecule has 0 aliphatic carbocycles. The van der Waals surface area contributed by atoms with Crippen LogP contribution in [0.15, 0.2) is 30.4 Å². The maximum atomic E-state index is 12.6. The molecule has 0 amide bonds. The van der Waals surface area contributed by atoms with E-state index >= 15 is 0 Å². The molecule has 2 aliphatic heterocycles. The van der Waals surface area contributed by atoms with Crippen LogP contribution in [-0.2, 0) is 4.74 Å². The number of para-hydroxylation sites is 1.